The second-order valence-corrected chi connectivity index (χ2v) is 10.8. The molecule has 0 aromatic carbocycles. The summed E-state index contributed by atoms with van der Waals surface area (Å²) in [6.45, 7) is 8.55. The first-order valence-electron chi connectivity index (χ1n) is 14.7. The number of carbonyl (C=O) groups excluding carboxylic acids is 3. The monoisotopic (exact) mass is 582 g/mol. The molecule has 0 aromatic heterocycles. The van der Waals surface area contributed by atoms with Crippen molar-refractivity contribution in [3.63, 3.8) is 0 Å². The Hall–Kier alpha value is -2.13. The van der Waals surface area contributed by atoms with Crippen LogP contribution in [0.3, 0.4) is 0 Å². The standard InChI is InChI=1S/C30H50F4O6/c1-6-9-11-13-15-17-19-29(31,32)26(36)39-22-28(8-3,21-38-25(35)24(4)5)23-40-27(37)30(33,34)20-18-16-14-12-10-7-2/h4,6-23H2,1-3,5H3. The Morgan fingerprint density at radius 3 is 1.30 bits per heavy atom. The molecule has 0 aliphatic heterocycles. The second kappa shape index (κ2) is 19.9. The summed E-state index contributed by atoms with van der Waals surface area (Å²) in [5, 5.41) is 0. The third-order valence-corrected chi connectivity index (χ3v) is 6.91. The SMILES string of the molecule is C=C(C)C(=O)OCC(CC)(COC(=O)C(F)(F)CCCCCCCC)COC(=O)C(F)(F)CCCCCCCC. The molecule has 10 heteroatoms. The summed E-state index contributed by atoms with van der Waals surface area (Å²) in [6, 6.07) is 0. The molecule has 40 heavy (non-hydrogen) atoms. The zero-order valence-electron chi connectivity index (χ0n) is 24.9. The molecule has 0 rings (SSSR count). The molecule has 0 atom stereocenters. The molecule has 0 aromatic rings. The molecule has 0 heterocycles. The molecule has 0 saturated carbocycles. The summed E-state index contributed by atoms with van der Waals surface area (Å²) in [5.74, 6) is -11.8. The highest BCUT2D eigenvalue weighted by Crippen LogP contribution is 2.30. The molecule has 0 amide bonds. The molecular formula is C30H50F4O6. The number of hydrogen-bond acceptors (Lipinski definition) is 6. The normalized spacial score (nSPS) is 12.2. The lowest BCUT2D eigenvalue weighted by Gasteiger charge is -2.32. The van der Waals surface area contributed by atoms with Gasteiger partial charge < -0.3 is 14.2 Å². The number of ether oxygens (including phenoxy) is 3. The summed E-state index contributed by atoms with van der Waals surface area (Å²) >= 11 is 0. The first-order valence-corrected chi connectivity index (χ1v) is 14.7. The quantitative estimate of drug-likeness (QED) is 0.0374. The summed E-state index contributed by atoms with van der Waals surface area (Å²) in [4.78, 5) is 36.4. The van der Waals surface area contributed by atoms with Crippen molar-refractivity contribution in [3.8, 4) is 0 Å². The Morgan fingerprint density at radius 2 is 0.950 bits per heavy atom. The Kier molecular flexibility index (Phi) is 18.8. The van der Waals surface area contributed by atoms with Crippen molar-refractivity contribution < 1.29 is 46.2 Å². The van der Waals surface area contributed by atoms with Crippen LogP contribution in [0.15, 0.2) is 12.2 Å². The highest BCUT2D eigenvalue weighted by molar-refractivity contribution is 5.87. The van der Waals surface area contributed by atoms with Crippen molar-refractivity contribution in [2.75, 3.05) is 19.8 Å². The first-order chi connectivity index (χ1) is 18.8. The van der Waals surface area contributed by atoms with E-state index in [1.807, 2.05) is 13.8 Å². The molecular weight excluding hydrogens is 532 g/mol. The van der Waals surface area contributed by atoms with E-state index in [0.29, 0.717) is 12.8 Å². The summed E-state index contributed by atoms with van der Waals surface area (Å²) in [5.41, 5.74) is -1.45. The third kappa shape index (κ3) is 15.6. The van der Waals surface area contributed by atoms with Gasteiger partial charge in [0.1, 0.15) is 19.8 Å². The number of alkyl halides is 4. The van der Waals surface area contributed by atoms with E-state index in [0.717, 1.165) is 51.4 Å². The highest BCUT2D eigenvalue weighted by Gasteiger charge is 2.44. The molecule has 0 fully saturated rings. The van der Waals surface area contributed by atoms with Gasteiger partial charge in [-0.05, 0) is 26.2 Å². The van der Waals surface area contributed by atoms with Gasteiger partial charge in [0.15, 0.2) is 0 Å². The maximum atomic E-state index is 14.4. The lowest BCUT2D eigenvalue weighted by molar-refractivity contribution is -0.187. The van der Waals surface area contributed by atoms with E-state index in [1.54, 1.807) is 6.92 Å². The molecule has 6 nitrogen and oxygen atoms in total. The van der Waals surface area contributed by atoms with E-state index in [4.69, 9.17) is 14.2 Å². The van der Waals surface area contributed by atoms with E-state index in [2.05, 4.69) is 6.58 Å². The van der Waals surface area contributed by atoms with Crippen molar-refractivity contribution in [1.82, 2.24) is 0 Å². The fraction of sp³-hybridized carbons (Fsp3) is 0.833. The number of carbonyl (C=O) groups is 3. The smallest absolute Gasteiger partial charge is 0.376 e. The number of unbranched alkanes of at least 4 members (excludes halogenated alkanes) is 10. The van der Waals surface area contributed by atoms with Crippen LogP contribution >= 0.6 is 0 Å². The van der Waals surface area contributed by atoms with Gasteiger partial charge >= 0.3 is 29.8 Å². The van der Waals surface area contributed by atoms with Gasteiger partial charge in [0.05, 0.1) is 5.41 Å². The molecule has 0 aliphatic carbocycles. The summed E-state index contributed by atoms with van der Waals surface area (Å²) in [6.07, 6.45) is 7.60. The number of halogens is 4. The average molecular weight is 583 g/mol. The van der Waals surface area contributed by atoms with E-state index >= 15 is 0 Å². The van der Waals surface area contributed by atoms with Gasteiger partial charge in [0, 0.05) is 18.4 Å². The Labute approximate surface area is 237 Å². The molecule has 0 aliphatic rings. The van der Waals surface area contributed by atoms with Crippen LogP contribution in [0.2, 0.25) is 0 Å². The minimum atomic E-state index is -3.74. The van der Waals surface area contributed by atoms with E-state index < -0.39 is 67.8 Å². The average Bonchev–Trinajstić information content (AvgIpc) is 2.91. The van der Waals surface area contributed by atoms with Gasteiger partial charge in [-0.3, -0.25) is 0 Å². The van der Waals surface area contributed by atoms with Crippen LogP contribution in [-0.2, 0) is 28.6 Å². The van der Waals surface area contributed by atoms with Crippen molar-refractivity contribution >= 4 is 17.9 Å². The molecule has 0 bridgehead atoms. The largest absolute Gasteiger partial charge is 0.461 e. The van der Waals surface area contributed by atoms with Gasteiger partial charge in [-0.25, -0.2) is 14.4 Å². The predicted molar refractivity (Wildman–Crippen MR) is 146 cm³/mol. The maximum absolute atomic E-state index is 14.4. The van der Waals surface area contributed by atoms with Gasteiger partial charge in [0.2, 0.25) is 0 Å². The van der Waals surface area contributed by atoms with Crippen LogP contribution < -0.4 is 0 Å². The van der Waals surface area contributed by atoms with Crippen molar-refractivity contribution in [1.29, 1.82) is 0 Å². The predicted octanol–water partition coefficient (Wildman–Crippen LogP) is 8.36. The molecule has 0 N–H and O–H groups in total. The van der Waals surface area contributed by atoms with Crippen LogP contribution in [0, 0.1) is 5.41 Å². The summed E-state index contributed by atoms with van der Waals surface area (Å²) in [7, 11) is 0. The van der Waals surface area contributed by atoms with E-state index in [-0.39, 0.29) is 24.8 Å². The van der Waals surface area contributed by atoms with E-state index in [9.17, 15) is 31.9 Å². The van der Waals surface area contributed by atoms with Gasteiger partial charge in [-0.2, -0.15) is 17.6 Å². The molecule has 234 valence electrons. The van der Waals surface area contributed by atoms with Crippen molar-refractivity contribution in [2.24, 2.45) is 5.41 Å². The molecule has 0 saturated heterocycles. The van der Waals surface area contributed by atoms with Crippen LogP contribution in [-0.4, -0.2) is 49.6 Å². The number of hydrogen-bond donors (Lipinski definition) is 0. The number of rotatable bonds is 24. The van der Waals surface area contributed by atoms with Crippen molar-refractivity contribution in [2.45, 2.75) is 136 Å². The van der Waals surface area contributed by atoms with Crippen LogP contribution in [0.25, 0.3) is 0 Å². The minimum Gasteiger partial charge on any atom is -0.461 e. The Balaban J connectivity index is 5.21. The fourth-order valence-corrected chi connectivity index (χ4v) is 3.88. The lowest BCUT2D eigenvalue weighted by atomic mass is 9.88. The number of esters is 3. The van der Waals surface area contributed by atoms with Crippen molar-refractivity contribution in [3.05, 3.63) is 12.2 Å². The van der Waals surface area contributed by atoms with Crippen LogP contribution in [0.5, 0.6) is 0 Å². The van der Waals surface area contributed by atoms with Gasteiger partial charge in [-0.1, -0.05) is 91.6 Å². The Bertz CT molecular complexity index is 725. The van der Waals surface area contributed by atoms with E-state index in [1.165, 1.54) is 6.92 Å². The third-order valence-electron chi connectivity index (χ3n) is 6.91. The lowest BCUT2D eigenvalue weighted by Crippen LogP contribution is -2.43. The zero-order valence-corrected chi connectivity index (χ0v) is 24.9. The Morgan fingerprint density at radius 1 is 0.600 bits per heavy atom. The molecule has 0 unspecified atom stereocenters. The van der Waals surface area contributed by atoms with Crippen LogP contribution in [0.1, 0.15) is 124 Å². The topological polar surface area (TPSA) is 78.9 Å². The van der Waals surface area contributed by atoms with Crippen LogP contribution in [0.4, 0.5) is 17.6 Å². The molecule has 0 radical (unpaired) electrons. The highest BCUT2D eigenvalue weighted by atomic mass is 19.3. The zero-order chi connectivity index (χ0) is 30.7. The minimum absolute atomic E-state index is 0.0169. The van der Waals surface area contributed by atoms with Gasteiger partial charge in [0.25, 0.3) is 0 Å². The van der Waals surface area contributed by atoms with Gasteiger partial charge in [-0.15, -0.1) is 0 Å². The summed E-state index contributed by atoms with van der Waals surface area (Å²) < 4.78 is 72.6. The molecule has 0 spiro atoms. The fourth-order valence-electron chi connectivity index (χ4n) is 3.88. The maximum Gasteiger partial charge on any atom is 0.376 e. The first kappa shape index (κ1) is 37.9. The second-order valence-electron chi connectivity index (χ2n) is 10.8.